The molecule has 1 fully saturated rings. The molecule has 0 bridgehead atoms. The minimum atomic E-state index is -2.98. The number of rotatable bonds is 7. The van der Waals surface area contributed by atoms with Crippen molar-refractivity contribution in [2.24, 2.45) is 4.36 Å². The fraction of sp³-hybridized carbons (Fsp3) is 0.190. The van der Waals surface area contributed by atoms with E-state index in [1.54, 1.807) is 30.3 Å². The molecule has 1 unspecified atom stereocenters. The van der Waals surface area contributed by atoms with Gasteiger partial charge < -0.3 is 10.2 Å². The van der Waals surface area contributed by atoms with E-state index in [-0.39, 0.29) is 17.5 Å². The second kappa shape index (κ2) is 8.49. The molecule has 156 valence electrons. The number of anilines is 1. The van der Waals surface area contributed by atoms with E-state index < -0.39 is 15.9 Å². The van der Waals surface area contributed by atoms with Crippen LogP contribution in [0.2, 0.25) is 0 Å². The molecule has 30 heavy (non-hydrogen) atoms. The van der Waals surface area contributed by atoms with Gasteiger partial charge in [0.15, 0.2) is 9.92 Å². The number of phenolic OH excluding ortho intramolecular Hbond substituents is 1. The first-order valence-electron chi connectivity index (χ1n) is 9.24. The largest absolute Gasteiger partial charge is 0.506 e. The normalized spacial score (nSPS) is 15.5. The number of phenols is 1. The Morgan fingerprint density at radius 2 is 1.83 bits per heavy atom. The van der Waals surface area contributed by atoms with E-state index in [9.17, 15) is 14.1 Å². The number of thioether (sulfide) groups is 1. The van der Waals surface area contributed by atoms with E-state index in [0.717, 1.165) is 29.1 Å². The summed E-state index contributed by atoms with van der Waals surface area (Å²) >= 11 is 4.41. The molecule has 1 saturated carbocycles. The van der Waals surface area contributed by atoms with Crippen molar-refractivity contribution in [2.45, 2.75) is 28.7 Å². The molecule has 1 atom stereocenters. The summed E-state index contributed by atoms with van der Waals surface area (Å²) in [6, 6.07) is 16.1. The van der Waals surface area contributed by atoms with Crippen molar-refractivity contribution in [1.29, 1.82) is 0 Å². The van der Waals surface area contributed by atoms with Crippen molar-refractivity contribution in [2.75, 3.05) is 10.5 Å². The van der Waals surface area contributed by atoms with E-state index in [0.29, 0.717) is 26.3 Å². The van der Waals surface area contributed by atoms with Gasteiger partial charge in [-0.25, -0.2) is 8.57 Å². The van der Waals surface area contributed by atoms with Crippen LogP contribution in [0.15, 0.2) is 73.2 Å². The number of aromatic hydroxyl groups is 1. The van der Waals surface area contributed by atoms with Crippen LogP contribution < -0.4 is 4.72 Å². The standard InChI is InChI=1S/C21H19BrN2O4S2/c22-13-5-9-15(10-6-13)30(28,23-14-7-8-14)24-18-11-19(29-12-20(25)26)21(27)17-4-2-1-3-16(17)18/h1-6,9-11,14,27H,7-8,12H2,(H,25,26)(H,23,24,28). The van der Waals surface area contributed by atoms with Crippen LogP contribution in [0.25, 0.3) is 10.8 Å². The number of carboxylic acid groups (broad SMARTS) is 1. The number of halogens is 1. The van der Waals surface area contributed by atoms with Crippen molar-refractivity contribution in [3.63, 3.8) is 0 Å². The molecule has 4 rings (SSSR count). The minimum Gasteiger partial charge on any atom is -0.506 e. The highest BCUT2D eigenvalue weighted by Gasteiger charge is 2.26. The zero-order valence-electron chi connectivity index (χ0n) is 15.7. The number of nitrogens with zero attached hydrogens (tertiary/aromatic N) is 1. The fourth-order valence-corrected chi connectivity index (χ4v) is 5.86. The van der Waals surface area contributed by atoms with Gasteiger partial charge in [-0.1, -0.05) is 40.2 Å². The zero-order valence-corrected chi connectivity index (χ0v) is 19.0. The lowest BCUT2D eigenvalue weighted by molar-refractivity contribution is -0.133. The second-order valence-electron chi connectivity index (χ2n) is 6.92. The quantitative estimate of drug-likeness (QED) is 0.290. The van der Waals surface area contributed by atoms with Gasteiger partial charge in [0.25, 0.3) is 0 Å². The Morgan fingerprint density at radius 3 is 2.47 bits per heavy atom. The van der Waals surface area contributed by atoms with Crippen molar-refractivity contribution >= 4 is 60.0 Å². The summed E-state index contributed by atoms with van der Waals surface area (Å²) in [6.07, 6.45) is 1.82. The van der Waals surface area contributed by atoms with E-state index >= 15 is 0 Å². The van der Waals surface area contributed by atoms with E-state index in [1.807, 2.05) is 24.3 Å². The maximum absolute atomic E-state index is 14.0. The van der Waals surface area contributed by atoms with E-state index in [2.05, 4.69) is 25.0 Å². The van der Waals surface area contributed by atoms with Gasteiger partial charge in [0, 0.05) is 15.2 Å². The summed E-state index contributed by atoms with van der Waals surface area (Å²) in [5.41, 5.74) is 0.536. The third-order valence-electron chi connectivity index (χ3n) is 4.56. The molecule has 1 aliphatic carbocycles. The molecule has 9 heteroatoms. The highest BCUT2D eigenvalue weighted by atomic mass is 79.9. The molecule has 0 aromatic heterocycles. The summed E-state index contributed by atoms with van der Waals surface area (Å²) in [5.74, 6) is -1.17. The summed E-state index contributed by atoms with van der Waals surface area (Å²) in [4.78, 5) is 12.0. The number of benzene rings is 3. The second-order valence-corrected chi connectivity index (χ2v) is 10.8. The Bertz CT molecular complexity index is 1230. The van der Waals surface area contributed by atoms with Crippen LogP contribution in [0.1, 0.15) is 12.8 Å². The third-order valence-corrected chi connectivity index (χ3v) is 8.10. The molecule has 3 N–H and O–H groups in total. The predicted molar refractivity (Wildman–Crippen MR) is 124 cm³/mol. The van der Waals surface area contributed by atoms with Gasteiger partial charge in [0.05, 0.1) is 27.3 Å². The lowest BCUT2D eigenvalue weighted by Gasteiger charge is -2.18. The van der Waals surface area contributed by atoms with Crippen molar-refractivity contribution < 1.29 is 19.2 Å². The van der Waals surface area contributed by atoms with Gasteiger partial charge in [-0.15, -0.1) is 11.8 Å². The number of aliphatic carboxylic acids is 1. The molecular formula is C21H19BrN2O4S2. The highest BCUT2D eigenvalue weighted by molar-refractivity contribution is 9.10. The number of carbonyl (C=O) groups is 1. The number of fused-ring (bicyclic) bond motifs is 1. The molecule has 3 aromatic rings. The molecule has 0 saturated heterocycles. The Labute approximate surface area is 187 Å². The van der Waals surface area contributed by atoms with E-state index in [4.69, 9.17) is 5.11 Å². The summed E-state index contributed by atoms with van der Waals surface area (Å²) in [6.45, 7) is 0. The number of hydrogen-bond acceptors (Lipinski definition) is 5. The molecule has 0 aliphatic heterocycles. The third kappa shape index (κ3) is 4.58. The van der Waals surface area contributed by atoms with Crippen LogP contribution in [0.5, 0.6) is 5.75 Å². The Balaban J connectivity index is 1.84. The molecule has 0 amide bonds. The average Bonchev–Trinajstić information content (AvgIpc) is 3.53. The molecule has 6 nitrogen and oxygen atoms in total. The minimum absolute atomic E-state index is 0.0108. The molecule has 0 heterocycles. The Hall–Kier alpha value is -2.23. The van der Waals surface area contributed by atoms with Gasteiger partial charge in [0.1, 0.15) is 5.75 Å². The van der Waals surface area contributed by atoms with Crippen molar-refractivity contribution in [3.8, 4) is 5.75 Å². The summed E-state index contributed by atoms with van der Waals surface area (Å²) < 4.78 is 22.6. The first-order valence-corrected chi connectivity index (χ1v) is 12.5. The van der Waals surface area contributed by atoms with Crippen LogP contribution in [-0.4, -0.2) is 32.2 Å². The van der Waals surface area contributed by atoms with Gasteiger partial charge in [-0.05, 0) is 43.2 Å². The maximum atomic E-state index is 14.0. The van der Waals surface area contributed by atoms with E-state index in [1.165, 1.54) is 0 Å². The summed E-state index contributed by atoms with van der Waals surface area (Å²) in [7, 11) is -2.98. The van der Waals surface area contributed by atoms with Crippen LogP contribution in [0.3, 0.4) is 0 Å². The molecule has 3 aromatic carbocycles. The van der Waals surface area contributed by atoms with Crippen molar-refractivity contribution in [3.05, 3.63) is 59.1 Å². The van der Waals surface area contributed by atoms with Gasteiger partial charge in [0.2, 0.25) is 0 Å². The topological polar surface area (TPSA) is 99.0 Å². The van der Waals surface area contributed by atoms with Gasteiger partial charge in [-0.2, -0.15) is 0 Å². The Kier molecular flexibility index (Phi) is 5.95. The van der Waals surface area contributed by atoms with Crippen LogP contribution in [0, 0.1) is 0 Å². The van der Waals surface area contributed by atoms with Crippen LogP contribution in [-0.2, 0) is 14.7 Å². The van der Waals surface area contributed by atoms with Crippen LogP contribution in [0.4, 0.5) is 5.69 Å². The first kappa shape index (κ1) is 21.0. The Morgan fingerprint density at radius 1 is 1.17 bits per heavy atom. The molecular weight excluding hydrogens is 488 g/mol. The maximum Gasteiger partial charge on any atom is 0.313 e. The monoisotopic (exact) mass is 506 g/mol. The lowest BCUT2D eigenvalue weighted by atomic mass is 10.1. The fourth-order valence-electron chi connectivity index (χ4n) is 2.97. The number of carboxylic acids is 1. The highest BCUT2D eigenvalue weighted by Crippen LogP contribution is 2.41. The summed E-state index contributed by atoms with van der Waals surface area (Å²) in [5, 5.41) is 20.9. The molecule has 0 radical (unpaired) electrons. The van der Waals surface area contributed by atoms with Crippen LogP contribution >= 0.6 is 27.7 Å². The van der Waals surface area contributed by atoms with Crippen molar-refractivity contribution in [1.82, 2.24) is 0 Å². The SMILES string of the molecule is O=C(O)CSc1cc(NS(=O)(=NC2CC2)c2ccc(Br)cc2)c2ccccc2c1O. The smallest absolute Gasteiger partial charge is 0.313 e. The molecule has 1 aliphatic rings. The zero-order chi connectivity index (χ0) is 21.3. The first-order chi connectivity index (χ1) is 14.4. The average molecular weight is 507 g/mol. The lowest BCUT2D eigenvalue weighted by Crippen LogP contribution is -2.14. The van der Waals surface area contributed by atoms with Gasteiger partial charge >= 0.3 is 5.97 Å². The molecule has 0 spiro atoms. The number of hydrogen-bond donors (Lipinski definition) is 3. The number of nitrogens with one attached hydrogen (secondary N) is 1. The predicted octanol–water partition coefficient (Wildman–Crippen LogP) is 5.50. The van der Waals surface area contributed by atoms with Gasteiger partial charge in [-0.3, -0.25) is 9.52 Å².